The van der Waals surface area contributed by atoms with Gasteiger partial charge >= 0.3 is 0 Å². The van der Waals surface area contributed by atoms with Gasteiger partial charge in [-0.05, 0) is 31.5 Å². The van der Waals surface area contributed by atoms with Crippen molar-refractivity contribution in [2.75, 3.05) is 0 Å². The molecule has 0 unspecified atom stereocenters. The van der Waals surface area contributed by atoms with Gasteiger partial charge in [-0.15, -0.1) is 0 Å². The van der Waals surface area contributed by atoms with Crippen LogP contribution in [-0.4, -0.2) is 22.7 Å². The number of hydrogen-bond acceptors (Lipinski definition) is 4. The van der Waals surface area contributed by atoms with Gasteiger partial charge in [0.2, 0.25) is 5.78 Å². The Morgan fingerprint density at radius 1 is 1.00 bits per heavy atom. The van der Waals surface area contributed by atoms with Gasteiger partial charge in [0, 0.05) is 22.6 Å². The summed E-state index contributed by atoms with van der Waals surface area (Å²) in [6, 6.07) is 19.0. The number of ether oxygens (including phenoxy) is 1. The lowest BCUT2D eigenvalue weighted by atomic mass is 9.95. The molecule has 3 aromatic rings. The van der Waals surface area contributed by atoms with E-state index in [1.807, 2.05) is 44.2 Å². The summed E-state index contributed by atoms with van der Waals surface area (Å²) in [5.74, 6) is 0.341. The minimum atomic E-state index is -0.901. The van der Waals surface area contributed by atoms with Crippen molar-refractivity contribution in [3.05, 3.63) is 98.5 Å². The topological polar surface area (TPSA) is 41.9 Å². The van der Waals surface area contributed by atoms with Crippen LogP contribution < -0.4 is 4.74 Å². The summed E-state index contributed by atoms with van der Waals surface area (Å²) in [4.78, 5) is 13.4. The van der Waals surface area contributed by atoms with Gasteiger partial charge in [0.05, 0.1) is 16.8 Å². The highest BCUT2D eigenvalue weighted by molar-refractivity contribution is 6.35. The summed E-state index contributed by atoms with van der Waals surface area (Å²) in [5.41, 5.74) is 5.61. The molecule has 2 aliphatic heterocycles. The van der Waals surface area contributed by atoms with E-state index in [1.165, 1.54) is 5.56 Å². The van der Waals surface area contributed by atoms with Crippen molar-refractivity contribution in [1.29, 1.82) is 0 Å². The Labute approximate surface area is 191 Å². The van der Waals surface area contributed by atoms with Crippen LogP contribution in [-0.2, 0) is 0 Å². The summed E-state index contributed by atoms with van der Waals surface area (Å²) in [5, 5.41) is 7.51. The van der Waals surface area contributed by atoms with Crippen LogP contribution in [0.1, 0.15) is 45.1 Å². The van der Waals surface area contributed by atoms with Gasteiger partial charge in [-0.3, -0.25) is 4.79 Å². The van der Waals surface area contributed by atoms with E-state index >= 15 is 0 Å². The summed E-state index contributed by atoms with van der Waals surface area (Å²) in [6.45, 7) is 4.04. The first-order chi connectivity index (χ1) is 14.9. The van der Waals surface area contributed by atoms with Crippen LogP contribution in [0.15, 0.2) is 65.8 Å². The van der Waals surface area contributed by atoms with E-state index in [4.69, 9.17) is 33.0 Å². The molecule has 0 bridgehead atoms. The highest BCUT2D eigenvalue weighted by Crippen LogP contribution is 2.47. The fourth-order valence-corrected chi connectivity index (χ4v) is 4.62. The van der Waals surface area contributed by atoms with Gasteiger partial charge in [0.25, 0.3) is 6.23 Å². The molecule has 2 aliphatic rings. The zero-order valence-corrected chi connectivity index (χ0v) is 18.6. The molecule has 3 aromatic carbocycles. The van der Waals surface area contributed by atoms with Crippen molar-refractivity contribution in [1.82, 2.24) is 5.01 Å². The van der Waals surface area contributed by atoms with Crippen LogP contribution in [0.5, 0.6) is 5.75 Å². The van der Waals surface area contributed by atoms with Gasteiger partial charge in [-0.2, -0.15) is 5.10 Å². The molecule has 31 heavy (non-hydrogen) atoms. The number of halogens is 2. The van der Waals surface area contributed by atoms with Crippen molar-refractivity contribution >= 4 is 34.7 Å². The minimum absolute atomic E-state index is 0.157. The van der Waals surface area contributed by atoms with Crippen LogP contribution in [0.2, 0.25) is 10.0 Å². The van der Waals surface area contributed by atoms with Crippen LogP contribution in [0.3, 0.4) is 0 Å². The molecule has 2 atom stereocenters. The highest BCUT2D eigenvalue weighted by Gasteiger charge is 2.44. The van der Waals surface area contributed by atoms with Crippen molar-refractivity contribution in [2.24, 2.45) is 5.10 Å². The molecule has 0 N–H and O–H groups in total. The number of hydrazone groups is 1. The Balaban J connectivity index is 1.59. The van der Waals surface area contributed by atoms with E-state index in [1.54, 1.807) is 11.1 Å². The Kier molecular flexibility index (Phi) is 4.99. The number of ketones is 1. The van der Waals surface area contributed by atoms with Crippen LogP contribution in [0.25, 0.3) is 0 Å². The molecule has 4 nitrogen and oxygen atoms in total. The fraction of sp³-hybridized carbons (Fsp3) is 0.200. The molecule has 0 aromatic heterocycles. The predicted octanol–water partition coefficient (Wildman–Crippen LogP) is 6.36. The van der Waals surface area contributed by atoms with Crippen LogP contribution in [0, 0.1) is 13.8 Å². The second-order valence-corrected chi connectivity index (χ2v) is 8.86. The fourth-order valence-electron chi connectivity index (χ4n) is 4.07. The maximum absolute atomic E-state index is 13.4. The third-order valence-electron chi connectivity index (χ3n) is 5.75. The lowest BCUT2D eigenvalue weighted by Crippen LogP contribution is -2.46. The molecule has 0 fully saturated rings. The highest BCUT2D eigenvalue weighted by atomic mass is 35.5. The molecule has 0 spiro atoms. The molecule has 0 aliphatic carbocycles. The molecule has 156 valence electrons. The number of hydrogen-bond donors (Lipinski definition) is 0. The number of rotatable bonds is 3. The van der Waals surface area contributed by atoms with E-state index in [9.17, 15) is 4.79 Å². The number of fused-ring (bicyclic) bond motifs is 3. The smallest absolute Gasteiger partial charge is 0.251 e. The first kappa shape index (κ1) is 20.1. The van der Waals surface area contributed by atoms with Crippen molar-refractivity contribution in [2.45, 2.75) is 32.5 Å². The number of carbonyl (C=O) groups excluding carboxylic acids is 1. The van der Waals surface area contributed by atoms with Gasteiger partial charge in [0.1, 0.15) is 5.75 Å². The summed E-state index contributed by atoms with van der Waals surface area (Å²) < 4.78 is 6.16. The maximum atomic E-state index is 13.4. The average molecular weight is 451 g/mol. The molecular weight excluding hydrogens is 431 g/mol. The number of benzene rings is 3. The molecular formula is C25H20Cl2N2O2. The quantitative estimate of drug-likeness (QED) is 0.435. The first-order valence-electron chi connectivity index (χ1n) is 10.1. The summed E-state index contributed by atoms with van der Waals surface area (Å²) in [6.07, 6.45) is -0.268. The molecule has 0 radical (unpaired) electrons. The average Bonchev–Trinajstić information content (AvgIpc) is 3.19. The summed E-state index contributed by atoms with van der Waals surface area (Å²) in [7, 11) is 0. The zero-order chi connectivity index (χ0) is 21.7. The largest absolute Gasteiger partial charge is 0.459 e. The van der Waals surface area contributed by atoms with Crippen molar-refractivity contribution < 1.29 is 9.53 Å². The molecule has 0 saturated carbocycles. The normalized spacial score (nSPS) is 19.4. The SMILES string of the molecule is Cc1ccc(C(=O)[C@H]2Oc3c(Cl)cc(Cl)cc3[C@@H]3CC(c4ccc(C)cc4)=NN23)cc1. The number of nitrogens with zero attached hydrogens (tertiary/aromatic N) is 2. The van der Waals surface area contributed by atoms with Crippen molar-refractivity contribution in [3.8, 4) is 5.75 Å². The van der Waals surface area contributed by atoms with E-state index in [2.05, 4.69) is 24.3 Å². The van der Waals surface area contributed by atoms with E-state index < -0.39 is 6.23 Å². The molecule has 2 heterocycles. The lowest BCUT2D eigenvalue weighted by molar-refractivity contribution is -0.00447. The Morgan fingerprint density at radius 3 is 2.32 bits per heavy atom. The third-order valence-corrected chi connectivity index (χ3v) is 6.25. The standard InChI is InChI=1S/C25H20Cl2N2O2/c1-14-3-7-16(8-4-14)21-13-22-19-11-18(26)12-20(27)24(19)31-25(29(22)28-21)23(30)17-9-5-15(2)6-10-17/h3-12,22,25H,13H2,1-2H3/t22-,25+/m0/s1. The van der Waals surface area contributed by atoms with Gasteiger partial charge < -0.3 is 4.74 Å². The van der Waals surface area contributed by atoms with Crippen molar-refractivity contribution in [3.63, 3.8) is 0 Å². The minimum Gasteiger partial charge on any atom is -0.459 e. The van der Waals surface area contributed by atoms with Gasteiger partial charge in [0.15, 0.2) is 0 Å². The van der Waals surface area contributed by atoms with E-state index in [-0.39, 0.29) is 11.8 Å². The van der Waals surface area contributed by atoms with Crippen LogP contribution >= 0.6 is 23.2 Å². The number of Topliss-reactive ketones (excluding diaryl/α,β-unsaturated/α-hetero) is 1. The lowest BCUT2D eigenvalue weighted by Gasteiger charge is -2.37. The third kappa shape index (κ3) is 3.60. The van der Waals surface area contributed by atoms with E-state index in [0.29, 0.717) is 27.8 Å². The maximum Gasteiger partial charge on any atom is 0.251 e. The predicted molar refractivity (Wildman–Crippen MR) is 123 cm³/mol. The monoisotopic (exact) mass is 450 g/mol. The number of carbonyl (C=O) groups is 1. The second kappa shape index (κ2) is 7.70. The Bertz CT molecular complexity index is 1200. The first-order valence-corrected chi connectivity index (χ1v) is 10.9. The summed E-state index contributed by atoms with van der Waals surface area (Å²) >= 11 is 12.8. The van der Waals surface area contributed by atoms with Crippen LogP contribution in [0.4, 0.5) is 0 Å². The molecule has 0 amide bonds. The Hall–Kier alpha value is -2.82. The molecule has 6 heteroatoms. The van der Waals surface area contributed by atoms with Gasteiger partial charge in [-0.1, -0.05) is 82.9 Å². The number of aryl methyl sites for hydroxylation is 2. The zero-order valence-electron chi connectivity index (χ0n) is 17.1. The molecule has 5 rings (SSSR count). The second-order valence-electron chi connectivity index (χ2n) is 8.02. The van der Waals surface area contributed by atoms with Gasteiger partial charge in [-0.25, -0.2) is 5.01 Å². The van der Waals surface area contributed by atoms with E-state index in [0.717, 1.165) is 22.4 Å². The Morgan fingerprint density at radius 2 is 1.65 bits per heavy atom. The molecule has 0 saturated heterocycles.